The van der Waals surface area contributed by atoms with Gasteiger partial charge >= 0.3 is 6.18 Å². The minimum Gasteiger partial charge on any atom is -0.224 e. The molecule has 130 valence electrons. The molecule has 10 heteroatoms. The van der Waals surface area contributed by atoms with Crippen LogP contribution in [0.2, 0.25) is 0 Å². The highest BCUT2D eigenvalue weighted by Crippen LogP contribution is 2.42. The molecule has 2 rings (SSSR count). The molecule has 1 aliphatic rings. The summed E-state index contributed by atoms with van der Waals surface area (Å²) in [5.74, 6) is 0. The number of rotatable bonds is 5. The van der Waals surface area contributed by atoms with Crippen molar-refractivity contribution in [1.82, 2.24) is 4.72 Å². The van der Waals surface area contributed by atoms with Crippen LogP contribution < -0.4 is 4.72 Å². The van der Waals surface area contributed by atoms with Gasteiger partial charge in [-0.15, -0.1) is 0 Å². The molecule has 0 bridgehead atoms. The Morgan fingerprint density at radius 1 is 1.13 bits per heavy atom. The summed E-state index contributed by atoms with van der Waals surface area (Å²) in [6.07, 6.45) is -2.96. The van der Waals surface area contributed by atoms with Crippen LogP contribution >= 0.6 is 0 Å². The number of hydrogen-bond acceptors (Lipinski definition) is 4. The van der Waals surface area contributed by atoms with Crippen molar-refractivity contribution in [2.24, 2.45) is 0 Å². The number of hydrogen-bond donors (Lipinski definition) is 1. The molecule has 0 amide bonds. The van der Waals surface area contributed by atoms with E-state index in [-0.39, 0.29) is 5.56 Å². The maximum atomic E-state index is 12.9. The van der Waals surface area contributed by atoms with E-state index in [1.54, 1.807) is 6.92 Å². The molecule has 0 spiro atoms. The first-order chi connectivity index (χ1) is 10.2. The van der Waals surface area contributed by atoms with E-state index in [1.807, 2.05) is 0 Å². The van der Waals surface area contributed by atoms with Gasteiger partial charge in [0.25, 0.3) is 0 Å². The van der Waals surface area contributed by atoms with E-state index in [1.165, 1.54) is 0 Å². The zero-order valence-electron chi connectivity index (χ0n) is 12.4. The molecule has 1 saturated carbocycles. The first-order valence-corrected chi connectivity index (χ1v) is 10.0. The van der Waals surface area contributed by atoms with Gasteiger partial charge in [0.15, 0.2) is 9.84 Å². The van der Waals surface area contributed by atoms with Crippen LogP contribution in [0.25, 0.3) is 0 Å². The summed E-state index contributed by atoms with van der Waals surface area (Å²) in [7, 11) is -7.52. The van der Waals surface area contributed by atoms with Gasteiger partial charge in [0.2, 0.25) is 10.0 Å². The molecule has 1 aliphatic carbocycles. The minimum atomic E-state index is -4.73. The van der Waals surface area contributed by atoms with E-state index >= 15 is 0 Å². The highest BCUT2D eigenvalue weighted by Gasteiger charge is 2.49. The Balaban J connectivity index is 2.35. The first-order valence-electron chi connectivity index (χ1n) is 6.65. The predicted molar refractivity (Wildman–Crippen MR) is 78.0 cm³/mol. The molecule has 1 aromatic rings. The van der Waals surface area contributed by atoms with Crippen molar-refractivity contribution < 1.29 is 30.0 Å². The molecule has 1 aromatic carbocycles. The lowest BCUT2D eigenvalue weighted by Gasteiger charge is -2.14. The normalized spacial score (nSPS) is 18.0. The van der Waals surface area contributed by atoms with Crippen molar-refractivity contribution in [3.63, 3.8) is 0 Å². The molecule has 1 fully saturated rings. The van der Waals surface area contributed by atoms with Gasteiger partial charge in [-0.2, -0.15) is 13.2 Å². The van der Waals surface area contributed by atoms with Crippen LogP contribution in [0, 0.1) is 0 Å². The average molecular weight is 371 g/mol. The highest BCUT2D eigenvalue weighted by molar-refractivity contribution is 7.91. The van der Waals surface area contributed by atoms with Crippen molar-refractivity contribution in [3.05, 3.63) is 29.3 Å². The van der Waals surface area contributed by atoms with Gasteiger partial charge in [0.1, 0.15) is 0 Å². The number of benzene rings is 1. The van der Waals surface area contributed by atoms with Gasteiger partial charge in [-0.05, 0) is 43.5 Å². The zero-order valence-corrected chi connectivity index (χ0v) is 14.1. The minimum absolute atomic E-state index is 0.0620. The Morgan fingerprint density at radius 3 is 2.13 bits per heavy atom. The van der Waals surface area contributed by atoms with E-state index in [0.717, 1.165) is 18.4 Å². The first kappa shape index (κ1) is 18.2. The summed E-state index contributed by atoms with van der Waals surface area (Å²) in [5.41, 5.74) is -1.19. The number of alkyl halides is 3. The van der Waals surface area contributed by atoms with Crippen molar-refractivity contribution in [1.29, 1.82) is 0 Å². The summed E-state index contributed by atoms with van der Waals surface area (Å²) in [5, 5.41) is 0. The Bertz CT molecular complexity index is 825. The zero-order chi connectivity index (χ0) is 17.7. The molecular formula is C13H16F3NO4S2. The fraction of sp³-hybridized carbons (Fsp3) is 0.538. The standard InChI is InChI=1S/C13H16F3NO4S2/c1-12(3-4-12)23(20,21)17-8-9-5-10(13(14,15)16)7-11(6-9)22(2,18)19/h5-7,17H,3-4,8H2,1-2H3. The second-order valence-corrected chi connectivity index (χ2v) is 10.2. The molecular weight excluding hydrogens is 355 g/mol. The Hall–Kier alpha value is -1.13. The SMILES string of the molecule is CC1(S(=O)(=O)NCc2cc(C(F)(F)F)cc(S(C)(=O)=O)c2)CC1. The van der Waals surface area contributed by atoms with Gasteiger partial charge in [0, 0.05) is 12.8 Å². The van der Waals surface area contributed by atoms with E-state index in [0.29, 0.717) is 18.9 Å². The highest BCUT2D eigenvalue weighted by atomic mass is 32.2. The third-order valence-electron chi connectivity index (χ3n) is 3.79. The lowest BCUT2D eigenvalue weighted by atomic mass is 10.1. The van der Waals surface area contributed by atoms with Crippen LogP contribution in [0.1, 0.15) is 30.9 Å². The van der Waals surface area contributed by atoms with Gasteiger partial charge < -0.3 is 0 Å². The van der Waals surface area contributed by atoms with E-state index < -0.39 is 47.8 Å². The lowest BCUT2D eigenvalue weighted by molar-refractivity contribution is -0.137. The Morgan fingerprint density at radius 2 is 1.70 bits per heavy atom. The smallest absolute Gasteiger partial charge is 0.224 e. The topological polar surface area (TPSA) is 80.3 Å². The van der Waals surface area contributed by atoms with Crippen LogP contribution in [0.5, 0.6) is 0 Å². The summed E-state index contributed by atoms with van der Waals surface area (Å²) < 4.78 is 87.0. The van der Waals surface area contributed by atoms with Crippen LogP contribution in [0.4, 0.5) is 13.2 Å². The molecule has 0 saturated heterocycles. The van der Waals surface area contributed by atoms with Crippen LogP contribution in [-0.2, 0) is 32.6 Å². The molecule has 0 aliphatic heterocycles. The van der Waals surface area contributed by atoms with Crippen molar-refractivity contribution in [2.75, 3.05) is 6.26 Å². The van der Waals surface area contributed by atoms with Crippen LogP contribution in [0.3, 0.4) is 0 Å². The van der Waals surface area contributed by atoms with Crippen molar-refractivity contribution in [2.45, 2.75) is 42.1 Å². The Kier molecular flexibility index (Phi) is 4.32. The number of sulfone groups is 1. The van der Waals surface area contributed by atoms with Crippen molar-refractivity contribution in [3.8, 4) is 0 Å². The molecule has 5 nitrogen and oxygen atoms in total. The lowest BCUT2D eigenvalue weighted by Crippen LogP contribution is -2.33. The summed E-state index contributed by atoms with van der Waals surface area (Å²) in [4.78, 5) is -0.501. The van der Waals surface area contributed by atoms with Gasteiger partial charge in [-0.1, -0.05) is 0 Å². The van der Waals surface area contributed by atoms with Crippen molar-refractivity contribution >= 4 is 19.9 Å². The fourth-order valence-corrected chi connectivity index (χ4v) is 3.99. The molecule has 0 atom stereocenters. The number of nitrogens with one attached hydrogen (secondary N) is 1. The van der Waals surface area contributed by atoms with E-state index in [4.69, 9.17) is 0 Å². The van der Waals surface area contributed by atoms with Gasteiger partial charge in [-0.3, -0.25) is 0 Å². The summed E-state index contributed by atoms with van der Waals surface area (Å²) >= 11 is 0. The summed E-state index contributed by atoms with van der Waals surface area (Å²) in [6, 6.07) is 2.32. The maximum Gasteiger partial charge on any atom is 0.416 e. The molecule has 23 heavy (non-hydrogen) atoms. The van der Waals surface area contributed by atoms with Gasteiger partial charge in [0.05, 0.1) is 15.2 Å². The van der Waals surface area contributed by atoms with Crippen LogP contribution in [0.15, 0.2) is 23.1 Å². The molecule has 0 aromatic heterocycles. The number of sulfonamides is 1. The predicted octanol–water partition coefficient (Wildman–Crippen LogP) is 2.08. The average Bonchev–Trinajstić information content (AvgIpc) is 3.14. The van der Waals surface area contributed by atoms with E-state index in [2.05, 4.69) is 4.72 Å². The number of halogens is 3. The second-order valence-electron chi connectivity index (χ2n) is 5.91. The monoisotopic (exact) mass is 371 g/mol. The van der Waals surface area contributed by atoms with Crippen LogP contribution in [-0.4, -0.2) is 27.8 Å². The van der Waals surface area contributed by atoms with Gasteiger partial charge in [-0.25, -0.2) is 21.6 Å². The largest absolute Gasteiger partial charge is 0.416 e. The second kappa shape index (κ2) is 5.45. The third-order valence-corrected chi connectivity index (χ3v) is 7.11. The Labute approximate surface area is 132 Å². The summed E-state index contributed by atoms with van der Waals surface area (Å²) in [6.45, 7) is 1.15. The fourth-order valence-electron chi connectivity index (χ4n) is 1.94. The maximum absolute atomic E-state index is 12.9. The molecule has 1 N–H and O–H groups in total. The van der Waals surface area contributed by atoms with E-state index in [9.17, 15) is 30.0 Å². The molecule has 0 heterocycles. The molecule has 0 radical (unpaired) electrons. The third kappa shape index (κ3) is 4.04. The molecule has 0 unspecified atom stereocenters. The quantitative estimate of drug-likeness (QED) is 0.859.